The topological polar surface area (TPSA) is 37.8 Å². The van der Waals surface area contributed by atoms with E-state index in [2.05, 4.69) is 4.98 Å². The number of aromatic amines is 1. The molecule has 0 unspecified atom stereocenters. The van der Waals surface area contributed by atoms with Crippen LogP contribution in [0.5, 0.6) is 0 Å². The molecule has 0 spiro atoms. The van der Waals surface area contributed by atoms with Crippen LogP contribution in [-0.2, 0) is 12.7 Å². The van der Waals surface area contributed by atoms with Crippen molar-refractivity contribution in [3.63, 3.8) is 0 Å². The lowest BCUT2D eigenvalue weighted by Crippen LogP contribution is -2.17. The van der Waals surface area contributed by atoms with E-state index in [9.17, 15) is 18.0 Å². The minimum Gasteiger partial charge on any atom is -0.306 e. The van der Waals surface area contributed by atoms with Gasteiger partial charge in [0, 0.05) is 0 Å². The Kier molecular flexibility index (Phi) is 3.31. The second-order valence-corrected chi connectivity index (χ2v) is 5.24. The summed E-state index contributed by atoms with van der Waals surface area (Å²) < 4.78 is 39.8. The Hall–Kier alpha value is -2.50. The van der Waals surface area contributed by atoms with Crippen molar-refractivity contribution in [2.75, 3.05) is 0 Å². The number of nitrogens with zero attached hydrogens (tertiary/aromatic N) is 1. The van der Waals surface area contributed by atoms with Crippen LogP contribution in [0.2, 0.25) is 0 Å². The maximum absolute atomic E-state index is 12.8. The van der Waals surface area contributed by atoms with Gasteiger partial charge in [-0.2, -0.15) is 13.2 Å². The molecule has 6 heteroatoms. The molecule has 1 N–H and O–H groups in total. The fraction of sp³-hybridized carbons (Fsp3) is 0.188. The Bertz CT molecular complexity index is 890. The lowest BCUT2D eigenvalue weighted by molar-refractivity contribution is -0.137. The summed E-state index contributed by atoms with van der Waals surface area (Å²) in [5.74, 6) is 0. The average molecular weight is 306 g/mol. The maximum atomic E-state index is 12.8. The summed E-state index contributed by atoms with van der Waals surface area (Å²) in [6.45, 7) is 2.14. The zero-order valence-electron chi connectivity index (χ0n) is 11.7. The van der Waals surface area contributed by atoms with E-state index in [1.165, 1.54) is 10.6 Å². The number of fused-ring (bicyclic) bond motifs is 1. The molecule has 3 nitrogen and oxygen atoms in total. The predicted molar refractivity (Wildman–Crippen MR) is 77.8 cm³/mol. The van der Waals surface area contributed by atoms with E-state index in [1.54, 1.807) is 0 Å². The number of hydrogen-bond donors (Lipinski definition) is 1. The summed E-state index contributed by atoms with van der Waals surface area (Å²) in [7, 11) is 0. The first-order valence-corrected chi connectivity index (χ1v) is 6.70. The number of aryl methyl sites for hydroxylation is 1. The van der Waals surface area contributed by atoms with Crippen LogP contribution in [0.1, 0.15) is 16.7 Å². The average Bonchev–Trinajstić information content (AvgIpc) is 2.74. The van der Waals surface area contributed by atoms with E-state index in [0.717, 1.165) is 23.3 Å². The fourth-order valence-electron chi connectivity index (χ4n) is 2.48. The number of hydrogen-bond acceptors (Lipinski definition) is 1. The van der Waals surface area contributed by atoms with Crippen molar-refractivity contribution >= 4 is 11.0 Å². The third-order valence-corrected chi connectivity index (χ3v) is 3.53. The first kappa shape index (κ1) is 14.4. The molecule has 22 heavy (non-hydrogen) atoms. The van der Waals surface area contributed by atoms with Crippen molar-refractivity contribution in [2.24, 2.45) is 0 Å². The van der Waals surface area contributed by atoms with Gasteiger partial charge >= 0.3 is 11.9 Å². The standard InChI is InChI=1S/C16H13F3N2O/c1-10-3-2-4-11(7-10)9-21-14-8-12(16(17,18)19)5-6-13(14)20-15(21)22/h2-8H,9H2,1H3,(H,20,22). The SMILES string of the molecule is Cc1cccc(Cn2c(=O)[nH]c3ccc(C(F)(F)F)cc32)c1. The molecular weight excluding hydrogens is 293 g/mol. The monoisotopic (exact) mass is 306 g/mol. The molecule has 0 aliphatic carbocycles. The second-order valence-electron chi connectivity index (χ2n) is 5.24. The quantitative estimate of drug-likeness (QED) is 0.770. The van der Waals surface area contributed by atoms with Crippen molar-refractivity contribution in [3.05, 3.63) is 69.6 Å². The minimum atomic E-state index is -4.43. The molecule has 0 amide bonds. The number of nitrogens with one attached hydrogen (secondary N) is 1. The van der Waals surface area contributed by atoms with Gasteiger partial charge in [-0.1, -0.05) is 29.8 Å². The number of H-pyrrole nitrogens is 1. The number of imidazole rings is 1. The highest BCUT2D eigenvalue weighted by atomic mass is 19.4. The summed E-state index contributed by atoms with van der Waals surface area (Å²) >= 11 is 0. The first-order valence-electron chi connectivity index (χ1n) is 6.70. The lowest BCUT2D eigenvalue weighted by Gasteiger charge is -2.08. The van der Waals surface area contributed by atoms with Crippen molar-refractivity contribution in [1.29, 1.82) is 0 Å². The molecule has 2 aromatic carbocycles. The lowest BCUT2D eigenvalue weighted by atomic mass is 10.1. The molecule has 0 saturated heterocycles. The van der Waals surface area contributed by atoms with Crippen molar-refractivity contribution in [1.82, 2.24) is 9.55 Å². The zero-order valence-corrected chi connectivity index (χ0v) is 11.7. The molecule has 1 heterocycles. The van der Waals surface area contributed by atoms with Crippen LogP contribution in [0.15, 0.2) is 47.3 Å². The predicted octanol–water partition coefficient (Wildman–Crippen LogP) is 3.71. The number of halogens is 3. The van der Waals surface area contributed by atoms with Crippen molar-refractivity contribution < 1.29 is 13.2 Å². The van der Waals surface area contributed by atoms with Gasteiger partial charge in [0.15, 0.2) is 0 Å². The molecule has 0 aliphatic heterocycles. The molecular formula is C16H13F3N2O. The Morgan fingerprint density at radius 1 is 1.14 bits per heavy atom. The summed E-state index contributed by atoms with van der Waals surface area (Å²) in [6, 6.07) is 10.8. The van der Waals surface area contributed by atoms with Crippen LogP contribution in [0, 0.1) is 6.92 Å². The Labute approximate surface area is 124 Å². The van der Waals surface area contributed by atoms with Gasteiger partial charge in [0.1, 0.15) is 0 Å². The van der Waals surface area contributed by atoms with Crippen molar-refractivity contribution in [2.45, 2.75) is 19.6 Å². The highest BCUT2D eigenvalue weighted by molar-refractivity contribution is 5.76. The van der Waals surface area contributed by atoms with Crippen LogP contribution in [-0.4, -0.2) is 9.55 Å². The maximum Gasteiger partial charge on any atom is 0.416 e. The molecule has 114 valence electrons. The summed E-state index contributed by atoms with van der Waals surface area (Å²) in [6.07, 6.45) is -4.43. The van der Waals surface area contributed by atoms with E-state index < -0.39 is 17.4 Å². The highest BCUT2D eigenvalue weighted by Gasteiger charge is 2.31. The van der Waals surface area contributed by atoms with Gasteiger partial charge in [0.05, 0.1) is 23.1 Å². The van der Waals surface area contributed by atoms with Crippen molar-refractivity contribution in [3.8, 4) is 0 Å². The van der Waals surface area contributed by atoms with Crippen LogP contribution in [0.4, 0.5) is 13.2 Å². The number of benzene rings is 2. The fourth-order valence-corrected chi connectivity index (χ4v) is 2.48. The van der Waals surface area contributed by atoms with Crippen LogP contribution in [0.25, 0.3) is 11.0 Å². The molecule has 0 bridgehead atoms. The van der Waals surface area contributed by atoms with E-state index in [4.69, 9.17) is 0 Å². The zero-order chi connectivity index (χ0) is 15.9. The van der Waals surface area contributed by atoms with Gasteiger partial charge in [-0.25, -0.2) is 4.79 Å². The molecule has 3 rings (SSSR count). The molecule has 0 fully saturated rings. The highest BCUT2D eigenvalue weighted by Crippen LogP contribution is 2.30. The number of aromatic nitrogens is 2. The first-order chi connectivity index (χ1) is 10.3. The minimum absolute atomic E-state index is 0.224. The van der Waals surface area contributed by atoms with Gasteiger partial charge in [0.25, 0.3) is 0 Å². The normalized spacial score (nSPS) is 12.0. The molecule has 0 atom stereocenters. The van der Waals surface area contributed by atoms with Crippen LogP contribution >= 0.6 is 0 Å². The van der Waals surface area contributed by atoms with Gasteiger partial charge in [-0.15, -0.1) is 0 Å². The van der Waals surface area contributed by atoms with E-state index in [1.807, 2.05) is 31.2 Å². The van der Waals surface area contributed by atoms with Gasteiger partial charge in [-0.05, 0) is 30.7 Å². The van der Waals surface area contributed by atoms with E-state index >= 15 is 0 Å². The molecule has 0 radical (unpaired) electrons. The van der Waals surface area contributed by atoms with Gasteiger partial charge < -0.3 is 4.98 Å². The third-order valence-electron chi connectivity index (χ3n) is 3.53. The van der Waals surface area contributed by atoms with Crippen LogP contribution < -0.4 is 5.69 Å². The molecule has 3 aromatic rings. The number of alkyl halides is 3. The largest absolute Gasteiger partial charge is 0.416 e. The van der Waals surface area contributed by atoms with E-state index in [-0.39, 0.29) is 12.1 Å². The van der Waals surface area contributed by atoms with Crippen LogP contribution in [0.3, 0.4) is 0 Å². The second kappa shape index (κ2) is 5.05. The van der Waals surface area contributed by atoms with Gasteiger partial charge in [-0.3, -0.25) is 4.57 Å². The molecule has 0 saturated carbocycles. The smallest absolute Gasteiger partial charge is 0.306 e. The summed E-state index contributed by atoms with van der Waals surface area (Å²) in [5.41, 5.74) is 1.35. The Morgan fingerprint density at radius 3 is 2.59 bits per heavy atom. The Balaban J connectivity index is 2.12. The Morgan fingerprint density at radius 2 is 1.91 bits per heavy atom. The molecule has 1 aromatic heterocycles. The third kappa shape index (κ3) is 2.64. The van der Waals surface area contributed by atoms with Gasteiger partial charge in [0.2, 0.25) is 0 Å². The number of rotatable bonds is 2. The summed E-state index contributed by atoms with van der Waals surface area (Å²) in [4.78, 5) is 14.6. The van der Waals surface area contributed by atoms with E-state index in [0.29, 0.717) is 5.52 Å². The summed E-state index contributed by atoms with van der Waals surface area (Å²) in [5, 5.41) is 0. The molecule has 0 aliphatic rings.